The Bertz CT molecular complexity index is 1670. The van der Waals surface area contributed by atoms with E-state index in [1.54, 1.807) is 36.4 Å². The molecule has 1 saturated heterocycles. The summed E-state index contributed by atoms with van der Waals surface area (Å²) in [7, 11) is -1.67. The minimum Gasteiger partial charge on any atom is -0.496 e. The molecule has 1 fully saturated rings. The topological polar surface area (TPSA) is 132 Å². The number of hydrogen-bond acceptors (Lipinski definition) is 8. The molecule has 0 unspecified atom stereocenters. The first-order valence-electron chi connectivity index (χ1n) is 14.2. The van der Waals surface area contributed by atoms with Gasteiger partial charge in [-0.25, -0.2) is 17.2 Å². The molecule has 3 aromatic rings. The summed E-state index contributed by atoms with van der Waals surface area (Å²) in [6.07, 6.45) is -0.0492. The molecule has 45 heavy (non-hydrogen) atoms. The van der Waals surface area contributed by atoms with Crippen LogP contribution in [0.1, 0.15) is 24.0 Å². The first-order valence-corrected chi connectivity index (χ1v) is 15.7. The van der Waals surface area contributed by atoms with Crippen LogP contribution in [0.5, 0.6) is 23.0 Å². The van der Waals surface area contributed by atoms with E-state index in [1.807, 2.05) is 0 Å². The second kappa shape index (κ2) is 13.7. The molecule has 6 rings (SSSR count). The Balaban J connectivity index is 1.46. The summed E-state index contributed by atoms with van der Waals surface area (Å²) in [5.74, 6) is -1.72. The molecule has 2 N–H and O–H groups in total. The number of benzene rings is 3. The highest BCUT2D eigenvalue weighted by atomic mass is 32.2. The van der Waals surface area contributed by atoms with Crippen molar-refractivity contribution < 1.29 is 45.7 Å². The first-order chi connectivity index (χ1) is 21.6. The average molecular weight is 646 g/mol. The molecule has 0 aliphatic carbocycles. The van der Waals surface area contributed by atoms with Crippen LogP contribution in [0.25, 0.3) is 0 Å². The van der Waals surface area contributed by atoms with E-state index in [0.717, 1.165) is 28.1 Å². The van der Waals surface area contributed by atoms with Gasteiger partial charge in [-0.2, -0.15) is 4.31 Å². The number of carbonyl (C=O) groups excluding carboxylic acids is 2. The molecule has 3 aliphatic heterocycles. The highest BCUT2D eigenvalue weighted by molar-refractivity contribution is 7.89. The Labute approximate surface area is 259 Å². The standard InChI is InChI=1S/C31H33F2N3O8S/c1-41-26-10-6-19-7-11-29(37)34-16-20-8-9-21(15-27(20)42-2)44-25-12-13-36(17-24(25)35-30(38)18-43-28(26)14-19)45(39,40)31-22(32)4-3-5-23(31)33/h3-6,8-10,14-15,24-25H,7,11-13,16-18H2,1-2H3,(H,34,37)(H,35,38)/t24-,25+/m1/s1. The van der Waals surface area contributed by atoms with Crippen LogP contribution in [-0.4, -0.2) is 70.6 Å². The molecule has 11 nitrogen and oxygen atoms in total. The number of fused-ring (bicyclic) bond motifs is 9. The van der Waals surface area contributed by atoms with Crippen LogP contribution in [0.2, 0.25) is 0 Å². The summed E-state index contributed by atoms with van der Waals surface area (Å²) >= 11 is 0. The molecule has 0 radical (unpaired) electrons. The number of hydrogen-bond donors (Lipinski definition) is 2. The largest absolute Gasteiger partial charge is 0.496 e. The van der Waals surface area contributed by atoms with Gasteiger partial charge in [-0.3, -0.25) is 9.59 Å². The van der Waals surface area contributed by atoms with E-state index in [9.17, 15) is 26.8 Å². The normalized spacial score (nSPS) is 19.8. The fraction of sp³-hybridized carbons (Fsp3) is 0.355. The number of aryl methyl sites for hydroxylation is 1. The van der Waals surface area contributed by atoms with Crippen molar-refractivity contribution in [3.63, 3.8) is 0 Å². The minimum atomic E-state index is -4.61. The van der Waals surface area contributed by atoms with Gasteiger partial charge in [-0.05, 0) is 48.4 Å². The molecule has 3 aliphatic rings. The van der Waals surface area contributed by atoms with E-state index < -0.39 is 51.2 Å². The van der Waals surface area contributed by atoms with Gasteiger partial charge in [0.2, 0.25) is 15.9 Å². The van der Waals surface area contributed by atoms with Crippen LogP contribution in [0.3, 0.4) is 0 Å². The van der Waals surface area contributed by atoms with Crippen LogP contribution in [0.15, 0.2) is 59.5 Å². The maximum Gasteiger partial charge on any atom is 0.258 e. The number of amides is 2. The Hall–Kier alpha value is -4.43. The summed E-state index contributed by atoms with van der Waals surface area (Å²) < 4.78 is 79.6. The van der Waals surface area contributed by atoms with E-state index in [1.165, 1.54) is 14.2 Å². The minimum absolute atomic E-state index is 0.0805. The van der Waals surface area contributed by atoms with E-state index in [4.69, 9.17) is 18.9 Å². The lowest BCUT2D eigenvalue weighted by molar-refractivity contribution is -0.125. The number of nitrogens with one attached hydrogen (secondary N) is 2. The molecular weight excluding hydrogens is 612 g/mol. The predicted octanol–water partition coefficient (Wildman–Crippen LogP) is 2.95. The summed E-state index contributed by atoms with van der Waals surface area (Å²) in [6.45, 7) is -0.705. The number of piperidine rings is 1. The third kappa shape index (κ3) is 7.28. The number of sulfonamides is 1. The highest BCUT2D eigenvalue weighted by Crippen LogP contribution is 2.31. The van der Waals surface area contributed by atoms with Crippen LogP contribution in [-0.2, 0) is 32.6 Å². The number of halogens is 2. The van der Waals surface area contributed by atoms with Crippen molar-refractivity contribution in [3.8, 4) is 23.0 Å². The third-order valence-electron chi connectivity index (χ3n) is 7.62. The SMILES string of the molecule is COc1cc2ccc1CNC(=O)CCc1ccc(OC)c(c1)OCC(=O)N[C@@H]1CN(S(=O)(=O)c3c(F)cccc3F)CC[C@@H]1O2. The molecule has 0 saturated carbocycles. The van der Waals surface area contributed by atoms with Crippen LogP contribution < -0.4 is 29.6 Å². The van der Waals surface area contributed by atoms with Gasteiger partial charge in [-0.1, -0.05) is 12.1 Å². The molecule has 4 bridgehead atoms. The van der Waals surface area contributed by atoms with Gasteiger partial charge in [0.15, 0.2) is 23.0 Å². The number of carbonyl (C=O) groups is 2. The lowest BCUT2D eigenvalue weighted by atomic mass is 10.0. The van der Waals surface area contributed by atoms with Crippen molar-refractivity contribution in [2.45, 2.75) is 42.8 Å². The zero-order valence-electron chi connectivity index (χ0n) is 24.7. The van der Waals surface area contributed by atoms with Crippen molar-refractivity contribution in [1.29, 1.82) is 0 Å². The molecule has 3 aromatic carbocycles. The van der Waals surface area contributed by atoms with Gasteiger partial charge < -0.3 is 29.6 Å². The smallest absolute Gasteiger partial charge is 0.258 e. The lowest BCUT2D eigenvalue weighted by Gasteiger charge is -2.38. The van der Waals surface area contributed by atoms with Gasteiger partial charge in [-0.15, -0.1) is 0 Å². The Morgan fingerprint density at radius 3 is 2.42 bits per heavy atom. The quantitative estimate of drug-likeness (QED) is 0.443. The Morgan fingerprint density at radius 2 is 1.69 bits per heavy atom. The molecule has 2 atom stereocenters. The third-order valence-corrected chi connectivity index (χ3v) is 9.54. The van der Waals surface area contributed by atoms with Gasteiger partial charge in [0.1, 0.15) is 29.2 Å². The number of ether oxygens (including phenoxy) is 4. The van der Waals surface area contributed by atoms with Gasteiger partial charge in [0.25, 0.3) is 5.91 Å². The highest BCUT2D eigenvalue weighted by Gasteiger charge is 2.40. The van der Waals surface area contributed by atoms with Crippen molar-refractivity contribution in [1.82, 2.24) is 14.9 Å². The van der Waals surface area contributed by atoms with Crippen molar-refractivity contribution in [2.75, 3.05) is 33.9 Å². The van der Waals surface area contributed by atoms with E-state index in [-0.39, 0.29) is 44.1 Å². The fourth-order valence-corrected chi connectivity index (χ4v) is 6.89. The molecule has 0 aromatic heterocycles. The number of methoxy groups -OCH3 is 2. The number of rotatable bonds is 4. The molecule has 240 valence electrons. The van der Waals surface area contributed by atoms with E-state index in [2.05, 4.69) is 10.6 Å². The molecule has 3 heterocycles. The predicted molar refractivity (Wildman–Crippen MR) is 158 cm³/mol. The average Bonchev–Trinajstić information content (AvgIpc) is 3.02. The Kier molecular flexibility index (Phi) is 9.73. The van der Waals surface area contributed by atoms with Crippen molar-refractivity contribution in [2.24, 2.45) is 0 Å². The van der Waals surface area contributed by atoms with E-state index >= 15 is 0 Å². The monoisotopic (exact) mass is 645 g/mol. The Morgan fingerprint density at radius 1 is 0.933 bits per heavy atom. The lowest BCUT2D eigenvalue weighted by Crippen LogP contribution is -2.58. The summed E-state index contributed by atoms with van der Waals surface area (Å²) in [5.41, 5.74) is 1.48. The summed E-state index contributed by atoms with van der Waals surface area (Å²) in [4.78, 5) is 24.7. The maximum atomic E-state index is 14.5. The number of nitrogens with zero attached hydrogens (tertiary/aromatic N) is 1. The van der Waals surface area contributed by atoms with Crippen molar-refractivity contribution >= 4 is 21.8 Å². The summed E-state index contributed by atoms with van der Waals surface area (Å²) in [5, 5.41) is 5.66. The summed E-state index contributed by atoms with van der Waals surface area (Å²) in [6, 6.07) is 12.1. The van der Waals surface area contributed by atoms with Crippen LogP contribution in [0.4, 0.5) is 8.78 Å². The van der Waals surface area contributed by atoms with Gasteiger partial charge in [0, 0.05) is 44.1 Å². The van der Waals surface area contributed by atoms with Crippen molar-refractivity contribution in [3.05, 3.63) is 77.4 Å². The molecule has 2 amide bonds. The van der Waals surface area contributed by atoms with E-state index in [0.29, 0.717) is 29.2 Å². The van der Waals surface area contributed by atoms with Crippen LogP contribution >= 0.6 is 0 Å². The van der Waals surface area contributed by atoms with Gasteiger partial charge >= 0.3 is 0 Å². The first kappa shape index (κ1) is 32.0. The maximum absolute atomic E-state index is 14.5. The molecule has 0 spiro atoms. The van der Waals surface area contributed by atoms with Crippen LogP contribution in [0, 0.1) is 11.6 Å². The molecule has 14 heteroatoms. The zero-order chi connectivity index (χ0) is 32.1. The second-order valence-electron chi connectivity index (χ2n) is 10.6. The second-order valence-corrected chi connectivity index (χ2v) is 12.4. The fourth-order valence-electron chi connectivity index (χ4n) is 5.30. The van der Waals surface area contributed by atoms with Gasteiger partial charge in [0.05, 0.1) is 20.3 Å². The zero-order valence-corrected chi connectivity index (χ0v) is 25.5. The molecular formula is C31H33F2N3O8S.